The molecule has 1 N–H and O–H groups in total. The molecule has 0 radical (unpaired) electrons. The molecule has 0 spiro atoms. The molecule has 23 heavy (non-hydrogen) atoms. The van der Waals surface area contributed by atoms with Crippen molar-refractivity contribution in [3.8, 4) is 21.8 Å². The topological polar surface area (TPSA) is 50.2 Å². The molecule has 0 amide bonds. The van der Waals surface area contributed by atoms with Crippen molar-refractivity contribution in [3.63, 3.8) is 0 Å². The molecule has 2 heterocycles. The van der Waals surface area contributed by atoms with Crippen molar-refractivity contribution in [2.75, 3.05) is 0 Å². The zero-order valence-electron chi connectivity index (χ0n) is 11.9. The van der Waals surface area contributed by atoms with E-state index in [-0.39, 0.29) is 5.56 Å². The van der Waals surface area contributed by atoms with E-state index in [2.05, 4.69) is 17.5 Å². The summed E-state index contributed by atoms with van der Waals surface area (Å²) in [6, 6.07) is 15.2. The number of carboxylic acid groups (broad SMARTS) is 1. The lowest BCUT2D eigenvalue weighted by atomic mass is 10.1. The number of carbonyl (C=O) groups is 1. The van der Waals surface area contributed by atoms with Crippen LogP contribution in [0.1, 0.15) is 10.4 Å². The number of nitrogens with zero attached hydrogens (tertiary/aromatic N) is 1. The number of fused-ring (bicyclic) bond motifs is 1. The van der Waals surface area contributed by atoms with Gasteiger partial charge < -0.3 is 5.11 Å². The van der Waals surface area contributed by atoms with E-state index in [9.17, 15) is 4.79 Å². The average Bonchev–Trinajstić information content (AvgIpc) is 3.21. The Bertz CT molecular complexity index is 1020. The Balaban J connectivity index is 1.77. The van der Waals surface area contributed by atoms with Gasteiger partial charge in [0.15, 0.2) is 0 Å². The Morgan fingerprint density at radius 2 is 1.87 bits per heavy atom. The molecule has 3 nitrogen and oxygen atoms in total. The van der Waals surface area contributed by atoms with E-state index in [4.69, 9.17) is 10.1 Å². The summed E-state index contributed by atoms with van der Waals surface area (Å²) in [5, 5.41) is 15.3. The first-order valence-electron chi connectivity index (χ1n) is 6.98. The van der Waals surface area contributed by atoms with Crippen LogP contribution in [0.4, 0.5) is 0 Å². The third-order valence-corrected chi connectivity index (χ3v) is 5.47. The Hall–Kier alpha value is -2.50. The summed E-state index contributed by atoms with van der Waals surface area (Å²) < 4.78 is 1.24. The largest absolute Gasteiger partial charge is 0.478 e. The molecule has 0 saturated carbocycles. The molecule has 0 atom stereocenters. The van der Waals surface area contributed by atoms with Crippen molar-refractivity contribution in [1.82, 2.24) is 4.98 Å². The number of thiophene rings is 1. The van der Waals surface area contributed by atoms with Gasteiger partial charge in [0.05, 0.1) is 11.3 Å². The fourth-order valence-corrected chi connectivity index (χ4v) is 4.26. The van der Waals surface area contributed by atoms with Gasteiger partial charge in [-0.05, 0) is 18.2 Å². The SMILES string of the molecule is O=C(O)c1cccc(-c2nc(-c3csc4ccccc34)cs2)c1. The minimum atomic E-state index is -0.924. The number of benzene rings is 2. The Labute approximate surface area is 140 Å². The number of rotatable bonds is 3. The van der Waals surface area contributed by atoms with Gasteiger partial charge in [0.25, 0.3) is 0 Å². The van der Waals surface area contributed by atoms with Crippen molar-refractivity contribution in [2.24, 2.45) is 0 Å². The maximum atomic E-state index is 11.1. The molecule has 2 aromatic carbocycles. The van der Waals surface area contributed by atoms with Crippen LogP contribution >= 0.6 is 22.7 Å². The molecular weight excluding hydrogens is 326 g/mol. The molecule has 2 aromatic heterocycles. The highest BCUT2D eigenvalue weighted by atomic mass is 32.1. The maximum absolute atomic E-state index is 11.1. The fraction of sp³-hybridized carbons (Fsp3) is 0. The highest BCUT2D eigenvalue weighted by Gasteiger charge is 2.12. The summed E-state index contributed by atoms with van der Waals surface area (Å²) in [4.78, 5) is 15.8. The van der Waals surface area contributed by atoms with Crippen LogP contribution < -0.4 is 0 Å². The Kier molecular flexibility index (Phi) is 3.44. The smallest absolute Gasteiger partial charge is 0.335 e. The summed E-state index contributed by atoms with van der Waals surface area (Å²) in [5.41, 5.74) is 3.17. The van der Waals surface area contributed by atoms with Gasteiger partial charge in [-0.2, -0.15) is 0 Å². The lowest BCUT2D eigenvalue weighted by Crippen LogP contribution is -1.95. The fourth-order valence-electron chi connectivity index (χ4n) is 2.49. The highest BCUT2D eigenvalue weighted by Crippen LogP contribution is 2.36. The molecule has 4 aromatic rings. The molecule has 0 aliphatic rings. The second-order valence-corrected chi connectivity index (χ2v) is 6.84. The quantitative estimate of drug-likeness (QED) is 0.545. The monoisotopic (exact) mass is 337 g/mol. The van der Waals surface area contributed by atoms with Crippen LogP contribution in [0.5, 0.6) is 0 Å². The molecule has 0 aliphatic carbocycles. The van der Waals surface area contributed by atoms with E-state index in [0.717, 1.165) is 21.8 Å². The summed E-state index contributed by atoms with van der Waals surface area (Å²) in [7, 11) is 0. The van der Waals surface area contributed by atoms with Gasteiger partial charge in [0.1, 0.15) is 5.01 Å². The van der Waals surface area contributed by atoms with E-state index in [1.165, 1.54) is 21.4 Å². The average molecular weight is 337 g/mol. The predicted octanol–water partition coefficient (Wildman–Crippen LogP) is 5.39. The first kappa shape index (κ1) is 14.1. The minimum Gasteiger partial charge on any atom is -0.478 e. The van der Waals surface area contributed by atoms with Crippen LogP contribution in [0.15, 0.2) is 59.3 Å². The lowest BCUT2D eigenvalue weighted by molar-refractivity contribution is 0.0697. The molecule has 0 bridgehead atoms. The van der Waals surface area contributed by atoms with Gasteiger partial charge in [0, 0.05) is 32.0 Å². The molecule has 0 aliphatic heterocycles. The number of carboxylic acids is 1. The summed E-state index contributed by atoms with van der Waals surface area (Å²) in [6.45, 7) is 0. The van der Waals surface area contributed by atoms with Crippen molar-refractivity contribution >= 4 is 38.7 Å². The molecular formula is C18H11NO2S2. The Morgan fingerprint density at radius 3 is 2.74 bits per heavy atom. The van der Waals surface area contributed by atoms with Crippen LogP contribution in [0.25, 0.3) is 31.9 Å². The van der Waals surface area contributed by atoms with Gasteiger partial charge >= 0.3 is 5.97 Å². The van der Waals surface area contributed by atoms with Gasteiger partial charge in [-0.1, -0.05) is 30.3 Å². The van der Waals surface area contributed by atoms with Crippen LogP contribution in [-0.4, -0.2) is 16.1 Å². The molecule has 112 valence electrons. The van der Waals surface area contributed by atoms with Crippen molar-refractivity contribution in [1.29, 1.82) is 0 Å². The third kappa shape index (κ3) is 2.54. The number of hydrogen-bond acceptors (Lipinski definition) is 4. The van der Waals surface area contributed by atoms with Crippen LogP contribution in [0, 0.1) is 0 Å². The third-order valence-electron chi connectivity index (χ3n) is 3.62. The molecule has 0 unspecified atom stereocenters. The Morgan fingerprint density at radius 1 is 1.00 bits per heavy atom. The second-order valence-electron chi connectivity index (χ2n) is 5.07. The first-order valence-corrected chi connectivity index (χ1v) is 8.74. The highest BCUT2D eigenvalue weighted by molar-refractivity contribution is 7.18. The summed E-state index contributed by atoms with van der Waals surface area (Å²) in [6.07, 6.45) is 0. The predicted molar refractivity (Wildman–Crippen MR) is 95.3 cm³/mol. The van der Waals surface area contributed by atoms with Crippen molar-refractivity contribution in [3.05, 3.63) is 64.9 Å². The number of aromatic carboxylic acids is 1. The summed E-state index contributed by atoms with van der Waals surface area (Å²) in [5.74, 6) is -0.924. The van der Waals surface area contributed by atoms with Crippen molar-refractivity contribution < 1.29 is 9.90 Å². The van der Waals surface area contributed by atoms with E-state index < -0.39 is 5.97 Å². The first-order chi connectivity index (χ1) is 11.2. The van der Waals surface area contributed by atoms with E-state index in [1.807, 2.05) is 23.6 Å². The molecule has 0 saturated heterocycles. The normalized spacial score (nSPS) is 11.0. The maximum Gasteiger partial charge on any atom is 0.335 e. The van der Waals surface area contributed by atoms with Gasteiger partial charge in [-0.15, -0.1) is 22.7 Å². The van der Waals surface area contributed by atoms with Crippen molar-refractivity contribution in [2.45, 2.75) is 0 Å². The minimum absolute atomic E-state index is 0.278. The van der Waals surface area contributed by atoms with E-state index in [1.54, 1.807) is 29.5 Å². The van der Waals surface area contributed by atoms with E-state index >= 15 is 0 Å². The molecule has 5 heteroatoms. The molecule has 0 fully saturated rings. The number of hydrogen-bond donors (Lipinski definition) is 1. The van der Waals surface area contributed by atoms with Crippen LogP contribution in [-0.2, 0) is 0 Å². The van der Waals surface area contributed by atoms with Gasteiger partial charge in [0.2, 0.25) is 0 Å². The van der Waals surface area contributed by atoms with Crippen LogP contribution in [0.3, 0.4) is 0 Å². The zero-order valence-corrected chi connectivity index (χ0v) is 13.5. The van der Waals surface area contributed by atoms with E-state index in [0.29, 0.717) is 0 Å². The number of aromatic nitrogens is 1. The van der Waals surface area contributed by atoms with Gasteiger partial charge in [-0.25, -0.2) is 9.78 Å². The van der Waals surface area contributed by atoms with Gasteiger partial charge in [-0.3, -0.25) is 0 Å². The number of thiazole rings is 1. The van der Waals surface area contributed by atoms with Crippen LogP contribution in [0.2, 0.25) is 0 Å². The molecule has 4 rings (SSSR count). The zero-order chi connectivity index (χ0) is 15.8. The summed E-state index contributed by atoms with van der Waals surface area (Å²) >= 11 is 3.24. The standard InChI is InChI=1S/C18H11NO2S2/c20-18(21)12-5-3-4-11(8-12)17-19-15(10-23-17)14-9-22-16-7-2-1-6-13(14)16/h1-10H,(H,20,21). The lowest BCUT2D eigenvalue weighted by Gasteiger charge is -1.99. The second kappa shape index (κ2) is 5.61.